The maximum atomic E-state index is 10.3. The van der Waals surface area contributed by atoms with E-state index in [4.69, 9.17) is 5.11 Å². The molecule has 3 N–H and O–H groups in total. The first-order valence-electron chi connectivity index (χ1n) is 4.91. The van der Waals surface area contributed by atoms with Crippen molar-refractivity contribution < 1.29 is 20.1 Å². The molecule has 0 aliphatic carbocycles. The molecule has 88 valence electrons. The van der Waals surface area contributed by atoms with Crippen molar-refractivity contribution in [2.45, 2.75) is 13.3 Å². The molecular formula is C13H12O4. The SMILES string of the molecule is C/C(C#Cc1cc(O)ccc1O)=C/CC(=O)O. The van der Waals surface area contributed by atoms with Gasteiger partial charge in [0, 0.05) is 0 Å². The molecule has 0 unspecified atom stereocenters. The maximum absolute atomic E-state index is 10.3. The molecule has 0 spiro atoms. The minimum atomic E-state index is -0.925. The lowest BCUT2D eigenvalue weighted by atomic mass is 10.1. The van der Waals surface area contributed by atoms with Gasteiger partial charge in [-0.05, 0) is 30.7 Å². The van der Waals surface area contributed by atoms with Crippen molar-refractivity contribution >= 4 is 5.97 Å². The van der Waals surface area contributed by atoms with Gasteiger partial charge in [-0.2, -0.15) is 0 Å². The minimum absolute atomic E-state index is 0.0132. The summed E-state index contributed by atoms with van der Waals surface area (Å²) >= 11 is 0. The molecule has 1 aromatic carbocycles. The lowest BCUT2D eigenvalue weighted by molar-refractivity contribution is -0.136. The summed E-state index contributed by atoms with van der Waals surface area (Å²) in [5.74, 6) is 4.42. The Morgan fingerprint density at radius 3 is 2.76 bits per heavy atom. The summed E-state index contributed by atoms with van der Waals surface area (Å²) in [5, 5.41) is 27.1. The fourth-order valence-electron chi connectivity index (χ4n) is 1.08. The van der Waals surface area contributed by atoms with Crippen molar-refractivity contribution in [1.29, 1.82) is 0 Å². The minimum Gasteiger partial charge on any atom is -0.508 e. The third-order valence-corrected chi connectivity index (χ3v) is 1.96. The monoisotopic (exact) mass is 232 g/mol. The first-order valence-corrected chi connectivity index (χ1v) is 4.91. The molecule has 0 saturated heterocycles. The summed E-state index contributed by atoms with van der Waals surface area (Å²) in [5.41, 5.74) is 0.892. The number of benzene rings is 1. The Labute approximate surface area is 98.8 Å². The van der Waals surface area contributed by atoms with Crippen LogP contribution in [0.25, 0.3) is 0 Å². The molecule has 1 rings (SSSR count). The van der Waals surface area contributed by atoms with Crippen molar-refractivity contribution in [3.8, 4) is 23.3 Å². The summed E-state index contributed by atoms with van der Waals surface area (Å²) in [4.78, 5) is 10.3. The lowest BCUT2D eigenvalue weighted by Crippen LogP contribution is -1.90. The van der Waals surface area contributed by atoms with Gasteiger partial charge < -0.3 is 15.3 Å². The summed E-state index contributed by atoms with van der Waals surface area (Å²) in [7, 11) is 0. The highest BCUT2D eigenvalue weighted by atomic mass is 16.4. The number of hydrogen-bond acceptors (Lipinski definition) is 3. The first kappa shape index (κ1) is 12.7. The van der Waals surface area contributed by atoms with E-state index in [0.717, 1.165) is 0 Å². The van der Waals surface area contributed by atoms with Gasteiger partial charge in [0.05, 0.1) is 12.0 Å². The van der Waals surface area contributed by atoms with Crippen LogP contribution in [0.5, 0.6) is 11.5 Å². The quantitative estimate of drug-likeness (QED) is 0.537. The number of carboxylic acids is 1. The Morgan fingerprint density at radius 2 is 2.12 bits per heavy atom. The van der Waals surface area contributed by atoms with E-state index >= 15 is 0 Å². The predicted octanol–water partition coefficient (Wildman–Crippen LogP) is 1.87. The molecule has 4 nitrogen and oxygen atoms in total. The second-order valence-electron chi connectivity index (χ2n) is 3.44. The average Bonchev–Trinajstić information content (AvgIpc) is 2.27. The van der Waals surface area contributed by atoms with E-state index in [1.807, 2.05) is 0 Å². The van der Waals surface area contributed by atoms with Gasteiger partial charge in [-0.3, -0.25) is 4.79 Å². The summed E-state index contributed by atoms with van der Waals surface area (Å²) in [6.45, 7) is 1.68. The Kier molecular flexibility index (Phi) is 4.18. The van der Waals surface area contributed by atoms with Crippen molar-refractivity contribution in [2.75, 3.05) is 0 Å². The van der Waals surface area contributed by atoms with Crippen LogP contribution in [0.1, 0.15) is 18.9 Å². The number of hydrogen-bond donors (Lipinski definition) is 3. The zero-order valence-electron chi connectivity index (χ0n) is 9.27. The van der Waals surface area contributed by atoms with Gasteiger partial charge in [0.2, 0.25) is 0 Å². The van der Waals surface area contributed by atoms with Crippen LogP contribution in [0, 0.1) is 11.8 Å². The van der Waals surface area contributed by atoms with Gasteiger partial charge in [0.25, 0.3) is 0 Å². The molecule has 1 aromatic rings. The zero-order valence-corrected chi connectivity index (χ0v) is 9.27. The Morgan fingerprint density at radius 1 is 1.41 bits per heavy atom. The molecule has 0 heterocycles. The number of allylic oxidation sites excluding steroid dienone is 1. The number of carboxylic acid groups (broad SMARTS) is 1. The van der Waals surface area contributed by atoms with Crippen molar-refractivity contribution in [3.05, 3.63) is 35.4 Å². The lowest BCUT2D eigenvalue weighted by Gasteiger charge is -1.96. The van der Waals surface area contributed by atoms with Crippen molar-refractivity contribution in [1.82, 2.24) is 0 Å². The molecule has 4 heteroatoms. The molecule has 0 radical (unpaired) electrons. The molecule has 0 aliphatic heterocycles. The van der Waals surface area contributed by atoms with Gasteiger partial charge >= 0.3 is 5.97 Å². The van der Waals surface area contributed by atoms with Crippen LogP contribution in [0.2, 0.25) is 0 Å². The highest BCUT2D eigenvalue weighted by Gasteiger charge is 1.98. The molecule has 17 heavy (non-hydrogen) atoms. The Bertz CT molecular complexity index is 518. The Balaban J connectivity index is 2.87. The largest absolute Gasteiger partial charge is 0.508 e. The normalized spacial score (nSPS) is 10.5. The maximum Gasteiger partial charge on any atom is 0.307 e. The molecule has 0 aliphatic rings. The van der Waals surface area contributed by atoms with Crippen molar-refractivity contribution in [2.24, 2.45) is 0 Å². The van der Waals surface area contributed by atoms with Crippen LogP contribution >= 0.6 is 0 Å². The number of carbonyl (C=O) groups is 1. The van der Waals surface area contributed by atoms with Crippen LogP contribution in [0.15, 0.2) is 29.8 Å². The van der Waals surface area contributed by atoms with E-state index in [2.05, 4.69) is 11.8 Å². The van der Waals surface area contributed by atoms with Crippen LogP contribution < -0.4 is 0 Å². The summed E-state index contributed by atoms with van der Waals surface area (Å²) in [6.07, 6.45) is 1.39. The van der Waals surface area contributed by atoms with Crippen LogP contribution in [-0.2, 0) is 4.79 Å². The van der Waals surface area contributed by atoms with Gasteiger partial charge in [-0.1, -0.05) is 17.9 Å². The number of phenolic OH excluding ortho intramolecular Hbond substituents is 2. The van der Waals surface area contributed by atoms with Gasteiger partial charge in [0.15, 0.2) is 0 Å². The molecular weight excluding hydrogens is 220 g/mol. The standard InChI is InChI=1S/C13H12O4/c1-9(3-7-13(16)17)2-4-10-8-11(14)5-6-12(10)15/h3,5-6,8,14-15H,7H2,1H3,(H,16,17)/b9-3-. The molecule has 0 bridgehead atoms. The second kappa shape index (κ2) is 5.61. The second-order valence-corrected chi connectivity index (χ2v) is 3.44. The van der Waals surface area contributed by atoms with Crippen LogP contribution in [-0.4, -0.2) is 21.3 Å². The van der Waals surface area contributed by atoms with E-state index in [-0.39, 0.29) is 17.9 Å². The summed E-state index contributed by atoms with van der Waals surface area (Å²) in [6, 6.07) is 4.04. The third-order valence-electron chi connectivity index (χ3n) is 1.96. The average molecular weight is 232 g/mol. The van der Waals surface area contributed by atoms with E-state index < -0.39 is 5.97 Å². The molecule has 0 saturated carbocycles. The van der Waals surface area contributed by atoms with Gasteiger partial charge in [-0.15, -0.1) is 0 Å². The van der Waals surface area contributed by atoms with Crippen molar-refractivity contribution in [3.63, 3.8) is 0 Å². The third kappa shape index (κ3) is 4.31. The fraction of sp³-hybridized carbons (Fsp3) is 0.154. The number of rotatable bonds is 2. The smallest absolute Gasteiger partial charge is 0.307 e. The predicted molar refractivity (Wildman–Crippen MR) is 62.7 cm³/mol. The van der Waals surface area contributed by atoms with E-state index in [0.29, 0.717) is 11.1 Å². The van der Waals surface area contributed by atoms with Crippen LogP contribution in [0.4, 0.5) is 0 Å². The zero-order chi connectivity index (χ0) is 12.8. The molecule has 0 aromatic heterocycles. The highest BCUT2D eigenvalue weighted by molar-refractivity contribution is 5.69. The molecule has 0 amide bonds. The first-order chi connectivity index (χ1) is 7.99. The van der Waals surface area contributed by atoms with E-state index in [1.54, 1.807) is 6.92 Å². The highest BCUT2D eigenvalue weighted by Crippen LogP contribution is 2.20. The van der Waals surface area contributed by atoms with Gasteiger partial charge in [0.1, 0.15) is 11.5 Å². The van der Waals surface area contributed by atoms with E-state index in [9.17, 15) is 15.0 Å². The fourth-order valence-corrected chi connectivity index (χ4v) is 1.08. The summed E-state index contributed by atoms with van der Waals surface area (Å²) < 4.78 is 0. The molecule has 0 fully saturated rings. The van der Waals surface area contributed by atoms with Crippen LogP contribution in [0.3, 0.4) is 0 Å². The Hall–Kier alpha value is -2.41. The van der Waals surface area contributed by atoms with E-state index in [1.165, 1.54) is 24.3 Å². The molecule has 0 atom stereocenters. The number of aliphatic carboxylic acids is 1. The van der Waals surface area contributed by atoms with Gasteiger partial charge in [-0.25, -0.2) is 0 Å². The topological polar surface area (TPSA) is 77.8 Å². The number of aromatic hydroxyl groups is 2. The number of phenols is 2.